The lowest BCUT2D eigenvalue weighted by molar-refractivity contribution is 0.148. The number of aromatic nitrogens is 3. The lowest BCUT2D eigenvalue weighted by atomic mass is 10.1. The van der Waals surface area contributed by atoms with Gasteiger partial charge < -0.3 is 10.4 Å². The quantitative estimate of drug-likeness (QED) is 0.701. The highest BCUT2D eigenvalue weighted by atomic mass is 32.2. The summed E-state index contributed by atoms with van der Waals surface area (Å²) in [7, 11) is -3.23. The standard InChI is InChI=1S/C19H25F2N5O4S/c1-31(29,30)25-6-4-12(5-7-25)23-19-22-10-11-8-15(16(20)21)18(28)26(17(11)24-19)13-2-3-14(27)9-13/h8,10,12-14,16,27H,2-7,9H2,1H3,(H,22,23,24)/t13-,14-/m0/s1. The SMILES string of the molecule is CS(=O)(=O)N1CCC(Nc2ncc3cc(C(F)F)c(=O)n([C@H]4CC[C@H](O)C4)c3n2)CC1. The molecule has 1 saturated heterocycles. The molecule has 3 heterocycles. The Morgan fingerprint density at radius 1 is 1.23 bits per heavy atom. The molecular formula is C19H25F2N5O4S. The largest absolute Gasteiger partial charge is 0.393 e. The van der Waals surface area contributed by atoms with Crippen molar-refractivity contribution >= 4 is 27.0 Å². The number of hydrogen-bond donors (Lipinski definition) is 2. The van der Waals surface area contributed by atoms with Crippen LogP contribution in [0.2, 0.25) is 0 Å². The van der Waals surface area contributed by atoms with E-state index in [2.05, 4.69) is 15.3 Å². The van der Waals surface area contributed by atoms with Crippen molar-refractivity contribution in [2.45, 2.75) is 56.7 Å². The number of nitrogens with zero attached hydrogens (tertiary/aromatic N) is 4. The summed E-state index contributed by atoms with van der Waals surface area (Å²) >= 11 is 0. The third-order valence-electron chi connectivity index (χ3n) is 6.03. The van der Waals surface area contributed by atoms with Crippen LogP contribution in [0.1, 0.15) is 50.1 Å². The second kappa shape index (κ2) is 8.40. The number of alkyl halides is 2. The summed E-state index contributed by atoms with van der Waals surface area (Å²) in [4.78, 5) is 21.5. The van der Waals surface area contributed by atoms with Crippen molar-refractivity contribution in [2.75, 3.05) is 24.7 Å². The van der Waals surface area contributed by atoms with E-state index in [-0.39, 0.29) is 17.6 Å². The van der Waals surface area contributed by atoms with Gasteiger partial charge in [-0.25, -0.2) is 26.5 Å². The van der Waals surface area contributed by atoms with Gasteiger partial charge in [0.1, 0.15) is 5.65 Å². The van der Waals surface area contributed by atoms with Gasteiger partial charge in [-0.1, -0.05) is 0 Å². The predicted octanol–water partition coefficient (Wildman–Crippen LogP) is 1.65. The number of rotatable bonds is 5. The molecule has 1 saturated carbocycles. The second-order valence-electron chi connectivity index (χ2n) is 8.25. The Bertz CT molecular complexity index is 1130. The lowest BCUT2D eigenvalue weighted by Gasteiger charge is -2.30. The fourth-order valence-corrected chi connectivity index (χ4v) is 5.26. The van der Waals surface area contributed by atoms with E-state index < -0.39 is 39.7 Å². The van der Waals surface area contributed by atoms with E-state index in [9.17, 15) is 27.1 Å². The molecule has 2 aromatic rings. The molecule has 0 unspecified atom stereocenters. The molecule has 0 aromatic carbocycles. The first-order valence-corrected chi connectivity index (χ1v) is 12.1. The number of fused-ring (bicyclic) bond motifs is 1. The van der Waals surface area contributed by atoms with Crippen molar-refractivity contribution in [1.82, 2.24) is 18.8 Å². The zero-order chi connectivity index (χ0) is 22.3. The number of piperidine rings is 1. The highest BCUT2D eigenvalue weighted by molar-refractivity contribution is 7.88. The zero-order valence-corrected chi connectivity index (χ0v) is 17.9. The Morgan fingerprint density at radius 3 is 2.52 bits per heavy atom. The van der Waals surface area contributed by atoms with Gasteiger partial charge in [-0.2, -0.15) is 4.98 Å². The van der Waals surface area contributed by atoms with Gasteiger partial charge >= 0.3 is 0 Å². The summed E-state index contributed by atoms with van der Waals surface area (Å²) in [5, 5.41) is 13.4. The minimum Gasteiger partial charge on any atom is -0.393 e. The first kappa shape index (κ1) is 22.0. The number of pyridine rings is 1. The van der Waals surface area contributed by atoms with Crippen LogP contribution in [-0.2, 0) is 10.0 Å². The van der Waals surface area contributed by atoms with Gasteiger partial charge in [0.25, 0.3) is 12.0 Å². The summed E-state index contributed by atoms with van der Waals surface area (Å²) in [6.07, 6.45) is 1.52. The Morgan fingerprint density at radius 2 is 1.94 bits per heavy atom. The van der Waals surface area contributed by atoms with Crippen LogP contribution in [0.15, 0.2) is 17.1 Å². The fraction of sp³-hybridized carbons (Fsp3) is 0.632. The van der Waals surface area contributed by atoms with E-state index >= 15 is 0 Å². The molecule has 0 amide bonds. The maximum atomic E-state index is 13.4. The lowest BCUT2D eigenvalue weighted by Crippen LogP contribution is -2.42. The van der Waals surface area contributed by atoms with Crippen LogP contribution in [0, 0.1) is 0 Å². The Balaban J connectivity index is 1.65. The highest BCUT2D eigenvalue weighted by Gasteiger charge is 2.30. The summed E-state index contributed by atoms with van der Waals surface area (Å²) in [6, 6.07) is 0.659. The van der Waals surface area contributed by atoms with Gasteiger partial charge in [0.05, 0.1) is 17.9 Å². The van der Waals surface area contributed by atoms with Crippen LogP contribution in [0.3, 0.4) is 0 Å². The van der Waals surface area contributed by atoms with Gasteiger partial charge in [-0.3, -0.25) is 9.36 Å². The monoisotopic (exact) mass is 457 g/mol. The molecule has 2 N–H and O–H groups in total. The highest BCUT2D eigenvalue weighted by Crippen LogP contribution is 2.32. The number of aliphatic hydroxyl groups is 1. The molecule has 2 aliphatic rings. The van der Waals surface area contributed by atoms with E-state index in [1.54, 1.807) is 0 Å². The number of aliphatic hydroxyl groups excluding tert-OH is 1. The smallest absolute Gasteiger partial charge is 0.269 e. The molecule has 4 rings (SSSR count). The molecule has 2 fully saturated rings. The van der Waals surface area contributed by atoms with Crippen molar-refractivity contribution in [2.24, 2.45) is 0 Å². The maximum Gasteiger partial charge on any atom is 0.269 e. The predicted molar refractivity (Wildman–Crippen MR) is 111 cm³/mol. The topological polar surface area (TPSA) is 117 Å². The van der Waals surface area contributed by atoms with Crippen LogP contribution < -0.4 is 10.9 Å². The number of halogens is 2. The van der Waals surface area contributed by atoms with Gasteiger partial charge in [0, 0.05) is 36.8 Å². The number of sulfonamides is 1. The molecule has 9 nitrogen and oxygen atoms in total. The van der Waals surface area contributed by atoms with Gasteiger partial charge in [-0.15, -0.1) is 0 Å². The molecule has 2 atom stereocenters. The fourth-order valence-electron chi connectivity index (χ4n) is 4.39. The first-order chi connectivity index (χ1) is 14.6. The third-order valence-corrected chi connectivity index (χ3v) is 7.34. The molecule has 1 aliphatic carbocycles. The Labute approximate surface area is 178 Å². The number of hydrogen-bond acceptors (Lipinski definition) is 7. The number of nitrogens with one attached hydrogen (secondary N) is 1. The molecule has 2 aromatic heterocycles. The summed E-state index contributed by atoms with van der Waals surface area (Å²) in [6.45, 7) is 0.763. The van der Waals surface area contributed by atoms with E-state index in [0.717, 1.165) is 6.07 Å². The summed E-state index contributed by atoms with van der Waals surface area (Å²) < 4.78 is 52.9. The van der Waals surface area contributed by atoms with E-state index in [0.29, 0.717) is 50.6 Å². The number of anilines is 1. The van der Waals surface area contributed by atoms with Gasteiger partial charge in [0.15, 0.2) is 0 Å². The maximum absolute atomic E-state index is 13.4. The molecule has 0 spiro atoms. The van der Waals surface area contributed by atoms with Crippen LogP contribution in [-0.4, -0.2) is 63.9 Å². The summed E-state index contributed by atoms with van der Waals surface area (Å²) in [5.74, 6) is 0.252. The van der Waals surface area contributed by atoms with Crippen molar-refractivity contribution in [3.8, 4) is 0 Å². The zero-order valence-electron chi connectivity index (χ0n) is 17.0. The minimum absolute atomic E-state index is 0.0516. The van der Waals surface area contributed by atoms with Gasteiger partial charge in [-0.05, 0) is 38.2 Å². The first-order valence-electron chi connectivity index (χ1n) is 10.2. The molecular weight excluding hydrogens is 432 g/mol. The van der Waals surface area contributed by atoms with E-state index in [1.165, 1.54) is 21.3 Å². The molecule has 31 heavy (non-hydrogen) atoms. The van der Waals surface area contributed by atoms with Crippen LogP contribution >= 0.6 is 0 Å². The van der Waals surface area contributed by atoms with Crippen LogP contribution in [0.25, 0.3) is 11.0 Å². The molecule has 170 valence electrons. The van der Waals surface area contributed by atoms with E-state index in [4.69, 9.17) is 0 Å². The van der Waals surface area contributed by atoms with Crippen LogP contribution in [0.5, 0.6) is 0 Å². The second-order valence-corrected chi connectivity index (χ2v) is 10.2. The Hall–Kier alpha value is -2.18. The van der Waals surface area contributed by atoms with Crippen LogP contribution in [0.4, 0.5) is 14.7 Å². The minimum atomic E-state index is -3.23. The molecule has 12 heteroatoms. The van der Waals surface area contributed by atoms with Crippen molar-refractivity contribution < 1.29 is 22.3 Å². The molecule has 1 aliphatic heterocycles. The molecule has 0 radical (unpaired) electrons. The van der Waals surface area contributed by atoms with Crippen molar-refractivity contribution in [3.63, 3.8) is 0 Å². The Kier molecular flexibility index (Phi) is 5.97. The molecule has 0 bridgehead atoms. The third kappa shape index (κ3) is 4.55. The van der Waals surface area contributed by atoms with Crippen molar-refractivity contribution in [3.05, 3.63) is 28.2 Å². The van der Waals surface area contributed by atoms with E-state index in [1.807, 2.05) is 0 Å². The van der Waals surface area contributed by atoms with Gasteiger partial charge in [0.2, 0.25) is 16.0 Å². The van der Waals surface area contributed by atoms with Crippen molar-refractivity contribution in [1.29, 1.82) is 0 Å². The average molecular weight is 458 g/mol. The normalized spacial score (nSPS) is 23.6. The average Bonchev–Trinajstić information content (AvgIpc) is 3.12. The summed E-state index contributed by atoms with van der Waals surface area (Å²) in [5.41, 5.74) is -1.15.